The van der Waals surface area contributed by atoms with E-state index in [0.29, 0.717) is 5.69 Å². The van der Waals surface area contributed by atoms with Crippen LogP contribution in [0.3, 0.4) is 0 Å². The molecule has 7 nitrogen and oxygen atoms in total. The van der Waals surface area contributed by atoms with Crippen molar-refractivity contribution in [1.29, 1.82) is 0 Å². The number of hydrogen-bond donors (Lipinski definition) is 2. The molecule has 0 radical (unpaired) electrons. The van der Waals surface area contributed by atoms with E-state index >= 15 is 0 Å². The zero-order chi connectivity index (χ0) is 14.5. The highest BCUT2D eigenvalue weighted by molar-refractivity contribution is 5.64. The van der Waals surface area contributed by atoms with Gasteiger partial charge in [-0.2, -0.15) is 0 Å². The maximum atomic E-state index is 11.0. The zero-order valence-corrected chi connectivity index (χ0v) is 11.5. The summed E-state index contributed by atoms with van der Waals surface area (Å²) >= 11 is 0. The zero-order valence-electron chi connectivity index (χ0n) is 11.5. The van der Waals surface area contributed by atoms with Gasteiger partial charge < -0.3 is 15.1 Å². The average molecular weight is 280 g/mol. The molecule has 0 amide bonds. The van der Waals surface area contributed by atoms with Gasteiger partial charge in [0.05, 0.1) is 16.7 Å². The van der Waals surface area contributed by atoms with Gasteiger partial charge in [-0.1, -0.05) is 0 Å². The lowest BCUT2D eigenvalue weighted by molar-refractivity contribution is -0.384. The lowest BCUT2D eigenvalue weighted by Crippen LogP contribution is -2.32. The lowest BCUT2D eigenvalue weighted by atomic mass is 10.2. The Morgan fingerprint density at radius 3 is 2.90 bits per heavy atom. The number of nitrogens with zero attached hydrogens (tertiary/aromatic N) is 2. The number of nitro groups is 1. The van der Waals surface area contributed by atoms with Crippen LogP contribution in [0.4, 0.5) is 17.1 Å². The molecule has 1 aliphatic rings. The monoisotopic (exact) mass is 280 g/mol. The second-order valence-electron chi connectivity index (χ2n) is 4.81. The highest BCUT2D eigenvalue weighted by Crippen LogP contribution is 2.27. The fourth-order valence-corrected chi connectivity index (χ4v) is 2.42. The van der Waals surface area contributed by atoms with Crippen molar-refractivity contribution in [3.8, 4) is 0 Å². The van der Waals surface area contributed by atoms with Crippen molar-refractivity contribution < 1.29 is 9.66 Å². The quantitative estimate of drug-likeness (QED) is 0.469. The molecule has 0 spiro atoms. The van der Waals surface area contributed by atoms with Gasteiger partial charge in [0.1, 0.15) is 0 Å². The Hall–Kier alpha value is -1.86. The molecule has 0 bridgehead atoms. The minimum absolute atomic E-state index is 0.0289. The number of hydrazine groups is 1. The highest BCUT2D eigenvalue weighted by Gasteiger charge is 2.20. The number of ether oxygens (including phenoxy) is 1. The SMILES string of the molecule is CCN(CC1CCCO1)c1cc(NN)cc([N+](=O)[O-])c1. The molecule has 20 heavy (non-hydrogen) atoms. The summed E-state index contributed by atoms with van der Waals surface area (Å²) in [4.78, 5) is 12.6. The Morgan fingerprint density at radius 2 is 2.35 bits per heavy atom. The maximum Gasteiger partial charge on any atom is 0.273 e. The number of likely N-dealkylation sites (N-methyl/N-ethyl adjacent to an activating group) is 1. The normalized spacial score (nSPS) is 18.0. The predicted octanol–water partition coefficient (Wildman–Crippen LogP) is 1.89. The Kier molecular flexibility index (Phi) is 4.75. The number of benzene rings is 1. The van der Waals surface area contributed by atoms with E-state index in [9.17, 15) is 10.1 Å². The van der Waals surface area contributed by atoms with Crippen LogP contribution in [0.25, 0.3) is 0 Å². The van der Waals surface area contributed by atoms with Gasteiger partial charge in [-0.05, 0) is 25.8 Å². The molecule has 110 valence electrons. The van der Waals surface area contributed by atoms with Crippen LogP contribution in [0, 0.1) is 10.1 Å². The number of anilines is 2. The van der Waals surface area contributed by atoms with Crippen LogP contribution in [0.5, 0.6) is 0 Å². The molecule has 1 unspecified atom stereocenters. The van der Waals surface area contributed by atoms with Crippen molar-refractivity contribution in [1.82, 2.24) is 0 Å². The summed E-state index contributed by atoms with van der Waals surface area (Å²) < 4.78 is 5.63. The first-order valence-electron chi connectivity index (χ1n) is 6.76. The molecule has 2 rings (SSSR count). The van der Waals surface area contributed by atoms with E-state index in [4.69, 9.17) is 10.6 Å². The number of rotatable bonds is 6. The Balaban J connectivity index is 2.22. The van der Waals surface area contributed by atoms with E-state index in [1.165, 1.54) is 6.07 Å². The van der Waals surface area contributed by atoms with Crippen LogP contribution in [0.1, 0.15) is 19.8 Å². The third kappa shape index (κ3) is 3.37. The molecule has 1 aromatic rings. The third-order valence-electron chi connectivity index (χ3n) is 3.47. The van der Waals surface area contributed by atoms with Gasteiger partial charge in [0.25, 0.3) is 5.69 Å². The van der Waals surface area contributed by atoms with E-state index in [1.807, 2.05) is 13.0 Å². The molecule has 0 aliphatic carbocycles. The van der Waals surface area contributed by atoms with E-state index in [1.54, 1.807) is 6.07 Å². The average Bonchev–Trinajstić information content (AvgIpc) is 2.97. The number of non-ortho nitro benzene ring substituents is 1. The first-order chi connectivity index (χ1) is 9.63. The van der Waals surface area contributed by atoms with E-state index in [-0.39, 0.29) is 11.8 Å². The van der Waals surface area contributed by atoms with Gasteiger partial charge in [-0.25, -0.2) is 0 Å². The van der Waals surface area contributed by atoms with Gasteiger partial charge in [0, 0.05) is 37.5 Å². The Morgan fingerprint density at radius 1 is 1.55 bits per heavy atom. The van der Waals surface area contributed by atoms with E-state index < -0.39 is 4.92 Å². The predicted molar refractivity (Wildman–Crippen MR) is 77.8 cm³/mol. The van der Waals surface area contributed by atoms with Crippen molar-refractivity contribution in [2.24, 2.45) is 5.84 Å². The number of nitrogens with two attached hydrogens (primary N) is 1. The van der Waals surface area contributed by atoms with Crippen molar-refractivity contribution in [2.45, 2.75) is 25.9 Å². The molecule has 1 atom stereocenters. The summed E-state index contributed by atoms with van der Waals surface area (Å²) in [6.07, 6.45) is 2.31. The molecule has 3 N–H and O–H groups in total. The number of nitro benzene ring substituents is 1. The molecule has 1 aromatic carbocycles. The molecule has 0 aromatic heterocycles. The van der Waals surface area contributed by atoms with Gasteiger partial charge in [0.2, 0.25) is 0 Å². The van der Waals surface area contributed by atoms with Crippen LogP contribution in [-0.4, -0.2) is 30.7 Å². The Bertz CT molecular complexity index is 475. The molecule has 1 heterocycles. The van der Waals surface area contributed by atoms with E-state index in [0.717, 1.165) is 38.2 Å². The van der Waals surface area contributed by atoms with Crippen LogP contribution in [0.15, 0.2) is 18.2 Å². The summed E-state index contributed by atoms with van der Waals surface area (Å²) in [6, 6.07) is 4.80. The first kappa shape index (κ1) is 14.5. The summed E-state index contributed by atoms with van der Waals surface area (Å²) in [5.74, 6) is 5.38. The largest absolute Gasteiger partial charge is 0.376 e. The van der Waals surface area contributed by atoms with Crippen molar-refractivity contribution >= 4 is 17.1 Å². The van der Waals surface area contributed by atoms with Crippen molar-refractivity contribution in [3.05, 3.63) is 28.3 Å². The molecular formula is C13H20N4O3. The summed E-state index contributed by atoms with van der Waals surface area (Å²) in [5.41, 5.74) is 3.81. The summed E-state index contributed by atoms with van der Waals surface area (Å²) in [5, 5.41) is 11.0. The first-order valence-corrected chi connectivity index (χ1v) is 6.76. The van der Waals surface area contributed by atoms with E-state index in [2.05, 4.69) is 10.3 Å². The minimum atomic E-state index is -0.412. The molecule has 1 fully saturated rings. The van der Waals surface area contributed by atoms with Crippen LogP contribution < -0.4 is 16.2 Å². The number of nitrogens with one attached hydrogen (secondary N) is 1. The number of nitrogen functional groups attached to an aromatic ring is 1. The van der Waals surface area contributed by atoms with Crippen molar-refractivity contribution in [2.75, 3.05) is 30.0 Å². The van der Waals surface area contributed by atoms with Crippen molar-refractivity contribution in [3.63, 3.8) is 0 Å². The Labute approximate surface area is 117 Å². The minimum Gasteiger partial charge on any atom is -0.376 e. The maximum absolute atomic E-state index is 11.0. The fourth-order valence-electron chi connectivity index (χ4n) is 2.42. The standard InChI is InChI=1S/C13H20N4O3/c1-2-16(9-13-4-3-5-20-13)11-6-10(15-14)7-12(8-11)17(18)19/h6-8,13,15H,2-5,9,14H2,1H3. The molecule has 1 aliphatic heterocycles. The highest BCUT2D eigenvalue weighted by atomic mass is 16.6. The van der Waals surface area contributed by atoms with Crippen LogP contribution in [-0.2, 0) is 4.74 Å². The van der Waals surface area contributed by atoms with Gasteiger partial charge >= 0.3 is 0 Å². The van der Waals surface area contributed by atoms with Crippen LogP contribution in [0.2, 0.25) is 0 Å². The molecule has 1 saturated heterocycles. The van der Waals surface area contributed by atoms with Gasteiger partial charge in [0.15, 0.2) is 0 Å². The smallest absolute Gasteiger partial charge is 0.273 e. The van der Waals surface area contributed by atoms with Crippen LogP contribution >= 0.6 is 0 Å². The molecular weight excluding hydrogens is 260 g/mol. The topological polar surface area (TPSA) is 93.7 Å². The summed E-state index contributed by atoms with van der Waals surface area (Å²) in [7, 11) is 0. The number of hydrogen-bond acceptors (Lipinski definition) is 6. The lowest BCUT2D eigenvalue weighted by Gasteiger charge is -2.26. The summed E-state index contributed by atoms with van der Waals surface area (Å²) in [6.45, 7) is 4.31. The third-order valence-corrected chi connectivity index (χ3v) is 3.47. The molecule has 7 heteroatoms. The van der Waals surface area contributed by atoms with Gasteiger partial charge in [-0.15, -0.1) is 0 Å². The molecule has 0 saturated carbocycles. The second kappa shape index (κ2) is 6.53. The fraction of sp³-hybridized carbons (Fsp3) is 0.538. The van der Waals surface area contributed by atoms with Gasteiger partial charge in [-0.3, -0.25) is 16.0 Å². The second-order valence-corrected chi connectivity index (χ2v) is 4.81.